The number of aromatic nitrogens is 4. The highest BCUT2D eigenvalue weighted by Crippen LogP contribution is 2.25. The smallest absolute Gasteiger partial charge is 0.226 e. The summed E-state index contributed by atoms with van der Waals surface area (Å²) < 4.78 is 7.47. The van der Waals surface area contributed by atoms with Crippen LogP contribution in [-0.2, 0) is 5.75 Å². The molecule has 21 heavy (non-hydrogen) atoms. The van der Waals surface area contributed by atoms with E-state index < -0.39 is 0 Å². The Labute approximate surface area is 127 Å². The van der Waals surface area contributed by atoms with Crippen LogP contribution in [0.3, 0.4) is 0 Å². The molecule has 0 amide bonds. The van der Waals surface area contributed by atoms with Crippen LogP contribution < -0.4 is 0 Å². The highest BCUT2D eigenvalue weighted by atomic mass is 32.2. The average molecular weight is 300 g/mol. The first kappa shape index (κ1) is 13.9. The Morgan fingerprint density at radius 1 is 1.19 bits per heavy atom. The Bertz CT molecular complexity index is 763. The molecule has 0 N–H and O–H groups in total. The molecule has 3 aromatic rings. The van der Waals surface area contributed by atoms with E-state index in [4.69, 9.17) is 4.42 Å². The summed E-state index contributed by atoms with van der Waals surface area (Å²) in [7, 11) is 0. The van der Waals surface area contributed by atoms with E-state index in [-0.39, 0.29) is 0 Å². The van der Waals surface area contributed by atoms with Crippen LogP contribution in [0.4, 0.5) is 0 Å². The summed E-state index contributed by atoms with van der Waals surface area (Å²) in [6.07, 6.45) is 3.78. The lowest BCUT2D eigenvalue weighted by Gasteiger charge is -2.10. The molecule has 0 radical (unpaired) electrons. The molecule has 0 saturated heterocycles. The molecule has 2 aromatic heterocycles. The first-order valence-corrected chi connectivity index (χ1v) is 7.65. The van der Waals surface area contributed by atoms with Crippen LogP contribution in [0.15, 0.2) is 40.2 Å². The molecule has 0 fully saturated rings. The van der Waals surface area contributed by atoms with E-state index in [0.29, 0.717) is 17.5 Å². The van der Waals surface area contributed by atoms with Gasteiger partial charge in [0.05, 0.1) is 11.4 Å². The van der Waals surface area contributed by atoms with Gasteiger partial charge >= 0.3 is 0 Å². The molecular formula is C15H16N4OS. The normalized spacial score (nSPS) is 11.0. The fraction of sp³-hybridized carbons (Fsp3) is 0.267. The van der Waals surface area contributed by atoms with Crippen molar-refractivity contribution in [3.05, 3.63) is 53.5 Å². The zero-order valence-corrected chi connectivity index (χ0v) is 13.0. The number of benzene rings is 1. The summed E-state index contributed by atoms with van der Waals surface area (Å²) in [5, 5.41) is 8.75. The maximum absolute atomic E-state index is 5.39. The molecule has 2 heterocycles. The largest absolute Gasteiger partial charge is 0.425 e. The van der Waals surface area contributed by atoms with Gasteiger partial charge in [-0.3, -0.25) is 4.57 Å². The van der Waals surface area contributed by atoms with Crippen LogP contribution in [0.1, 0.15) is 22.9 Å². The van der Waals surface area contributed by atoms with Gasteiger partial charge in [0.15, 0.2) is 5.16 Å². The van der Waals surface area contributed by atoms with E-state index in [0.717, 1.165) is 10.8 Å². The van der Waals surface area contributed by atoms with E-state index in [9.17, 15) is 0 Å². The summed E-state index contributed by atoms with van der Waals surface area (Å²) in [5.41, 5.74) is 3.62. The van der Waals surface area contributed by atoms with Gasteiger partial charge in [0.2, 0.25) is 11.8 Å². The van der Waals surface area contributed by atoms with Gasteiger partial charge in [0, 0.05) is 19.3 Å². The van der Waals surface area contributed by atoms with Gasteiger partial charge in [-0.15, -0.1) is 10.2 Å². The van der Waals surface area contributed by atoms with Crippen molar-refractivity contribution in [2.45, 2.75) is 31.7 Å². The third kappa shape index (κ3) is 3.00. The molecule has 0 aliphatic heterocycles. The second-order valence-corrected chi connectivity index (χ2v) is 5.82. The molecule has 0 atom stereocenters. The van der Waals surface area contributed by atoms with Crippen LogP contribution in [0.5, 0.6) is 0 Å². The van der Waals surface area contributed by atoms with Crippen LogP contribution in [0.2, 0.25) is 0 Å². The summed E-state index contributed by atoms with van der Waals surface area (Å²) in [4.78, 5) is 4.41. The van der Waals surface area contributed by atoms with Crippen LogP contribution >= 0.6 is 11.8 Å². The Morgan fingerprint density at radius 3 is 2.76 bits per heavy atom. The summed E-state index contributed by atoms with van der Waals surface area (Å²) in [6.45, 7) is 5.99. The molecule has 1 aromatic carbocycles. The first-order valence-electron chi connectivity index (χ1n) is 6.66. The van der Waals surface area contributed by atoms with Gasteiger partial charge in [-0.25, -0.2) is 4.98 Å². The predicted molar refractivity (Wildman–Crippen MR) is 81.6 cm³/mol. The zero-order chi connectivity index (χ0) is 14.8. The fourth-order valence-corrected chi connectivity index (χ4v) is 2.98. The van der Waals surface area contributed by atoms with Gasteiger partial charge in [0.25, 0.3) is 0 Å². The summed E-state index contributed by atoms with van der Waals surface area (Å²) >= 11 is 1.58. The van der Waals surface area contributed by atoms with Crippen molar-refractivity contribution in [2.75, 3.05) is 0 Å². The van der Waals surface area contributed by atoms with Crippen LogP contribution in [0, 0.1) is 20.8 Å². The molecule has 0 aliphatic carbocycles. The van der Waals surface area contributed by atoms with Gasteiger partial charge in [-0.1, -0.05) is 29.5 Å². The predicted octanol–water partition coefficient (Wildman–Crippen LogP) is 3.47. The lowest BCUT2D eigenvalue weighted by Crippen LogP contribution is -1.98. The van der Waals surface area contributed by atoms with Crippen molar-refractivity contribution in [2.24, 2.45) is 0 Å². The number of imidazole rings is 1. The minimum atomic E-state index is 0.586. The average Bonchev–Trinajstić information content (AvgIpc) is 3.05. The number of hydrogen-bond donors (Lipinski definition) is 0. The molecule has 108 valence electrons. The topological polar surface area (TPSA) is 56.7 Å². The molecule has 3 rings (SSSR count). The second-order valence-electron chi connectivity index (χ2n) is 4.87. The van der Waals surface area contributed by atoms with Gasteiger partial charge in [0.1, 0.15) is 0 Å². The molecule has 0 saturated carbocycles. The number of thioether (sulfide) groups is 1. The van der Waals surface area contributed by atoms with Crippen LogP contribution in [-0.4, -0.2) is 19.7 Å². The summed E-state index contributed by atoms with van der Waals surface area (Å²) in [6, 6.07) is 6.40. The zero-order valence-electron chi connectivity index (χ0n) is 12.2. The molecule has 0 aliphatic rings. The summed E-state index contributed by atoms with van der Waals surface area (Å²) in [5.74, 6) is 1.82. The van der Waals surface area contributed by atoms with Crippen molar-refractivity contribution in [1.29, 1.82) is 0 Å². The molecule has 0 spiro atoms. The number of hydrogen-bond acceptors (Lipinski definition) is 5. The van der Waals surface area contributed by atoms with Crippen molar-refractivity contribution in [1.82, 2.24) is 19.7 Å². The lowest BCUT2D eigenvalue weighted by molar-refractivity contribution is 0.485. The van der Waals surface area contributed by atoms with Crippen molar-refractivity contribution >= 4 is 11.8 Å². The van der Waals surface area contributed by atoms with Crippen LogP contribution in [0.25, 0.3) is 5.69 Å². The molecular weight excluding hydrogens is 284 g/mol. The minimum absolute atomic E-state index is 0.586. The van der Waals surface area contributed by atoms with Gasteiger partial charge in [-0.2, -0.15) is 0 Å². The molecule has 0 unspecified atom stereocenters. The fourth-order valence-electron chi connectivity index (χ4n) is 2.18. The Balaban J connectivity index is 1.83. The van der Waals surface area contributed by atoms with E-state index in [2.05, 4.69) is 51.8 Å². The van der Waals surface area contributed by atoms with Gasteiger partial charge < -0.3 is 4.42 Å². The Hall–Kier alpha value is -2.08. The Kier molecular flexibility index (Phi) is 3.79. The van der Waals surface area contributed by atoms with E-state index in [1.807, 2.05) is 6.20 Å². The molecule has 6 heteroatoms. The van der Waals surface area contributed by atoms with E-state index in [1.54, 1.807) is 24.9 Å². The molecule has 0 bridgehead atoms. The van der Waals surface area contributed by atoms with E-state index in [1.165, 1.54) is 11.1 Å². The maximum atomic E-state index is 5.39. The monoisotopic (exact) mass is 300 g/mol. The van der Waals surface area contributed by atoms with Gasteiger partial charge in [-0.05, 0) is 25.5 Å². The lowest BCUT2D eigenvalue weighted by atomic mass is 10.1. The highest BCUT2D eigenvalue weighted by Gasteiger charge is 2.10. The minimum Gasteiger partial charge on any atom is -0.425 e. The molecule has 5 nitrogen and oxygen atoms in total. The quantitative estimate of drug-likeness (QED) is 0.690. The third-order valence-corrected chi connectivity index (χ3v) is 4.06. The second kappa shape index (κ2) is 5.73. The standard InChI is InChI=1S/C15H16N4OS/c1-10-4-5-13(11(2)8-10)19-7-6-16-15(19)21-9-14-18-17-12(3)20-14/h4-8H,9H2,1-3H3. The van der Waals surface area contributed by atoms with Crippen molar-refractivity contribution < 1.29 is 4.42 Å². The van der Waals surface area contributed by atoms with E-state index >= 15 is 0 Å². The first-order chi connectivity index (χ1) is 10.1. The number of rotatable bonds is 4. The SMILES string of the molecule is Cc1ccc(-n2ccnc2SCc2nnc(C)o2)c(C)c1. The number of aryl methyl sites for hydroxylation is 3. The maximum Gasteiger partial charge on any atom is 0.226 e. The highest BCUT2D eigenvalue weighted by molar-refractivity contribution is 7.98. The third-order valence-electron chi connectivity index (χ3n) is 3.11. The number of nitrogens with zero attached hydrogens (tertiary/aromatic N) is 4. The van der Waals surface area contributed by atoms with Crippen molar-refractivity contribution in [3.8, 4) is 5.69 Å². The van der Waals surface area contributed by atoms with Crippen molar-refractivity contribution in [3.63, 3.8) is 0 Å². The Morgan fingerprint density at radius 2 is 2.05 bits per heavy atom.